The minimum absolute atomic E-state index is 0.0937. The van der Waals surface area contributed by atoms with Crippen molar-refractivity contribution in [1.82, 2.24) is 0 Å². The maximum Gasteiger partial charge on any atom is 0.513 e. The molecule has 5 unspecified atom stereocenters. The van der Waals surface area contributed by atoms with E-state index in [4.69, 9.17) is 29.4 Å². The predicted octanol–water partition coefficient (Wildman–Crippen LogP) is 5.92. The van der Waals surface area contributed by atoms with Crippen LogP contribution >= 0.6 is 0 Å². The van der Waals surface area contributed by atoms with E-state index in [1.165, 1.54) is 18.2 Å². The number of rotatable bonds is 14. The van der Waals surface area contributed by atoms with Crippen LogP contribution in [0.4, 0.5) is 9.59 Å². The molecule has 11 heteroatoms. The Morgan fingerprint density at radius 3 is 1.78 bits per heavy atom. The van der Waals surface area contributed by atoms with Crippen molar-refractivity contribution in [3.8, 4) is 11.5 Å². The summed E-state index contributed by atoms with van der Waals surface area (Å²) in [6.45, 7) is 16.5. The number of carboxylic acids is 1. The van der Waals surface area contributed by atoms with Gasteiger partial charge in [-0.15, -0.1) is 0 Å². The summed E-state index contributed by atoms with van der Waals surface area (Å²) in [5.41, 5.74) is 5.71. The van der Waals surface area contributed by atoms with Crippen LogP contribution in [-0.2, 0) is 23.8 Å². The minimum Gasteiger partial charge on any atom is -0.480 e. The fraction of sp³-hybridized carbons (Fsp3) is 0.667. The van der Waals surface area contributed by atoms with E-state index < -0.39 is 53.6 Å². The average molecular weight is 582 g/mol. The van der Waals surface area contributed by atoms with Crippen LogP contribution in [0.1, 0.15) is 86.6 Å². The van der Waals surface area contributed by atoms with E-state index in [2.05, 4.69) is 0 Å². The summed E-state index contributed by atoms with van der Waals surface area (Å²) >= 11 is 0. The molecule has 232 valence electrons. The molecule has 1 rings (SSSR count). The first-order valence-corrected chi connectivity index (χ1v) is 14.0. The number of carboxylic acid groups (broad SMARTS) is 1. The first kappa shape index (κ1) is 35.7. The van der Waals surface area contributed by atoms with Crippen molar-refractivity contribution in [3.63, 3.8) is 0 Å². The van der Waals surface area contributed by atoms with E-state index >= 15 is 0 Å². The van der Waals surface area contributed by atoms with E-state index in [0.717, 1.165) is 12.8 Å². The summed E-state index contributed by atoms with van der Waals surface area (Å²) in [5, 5.41) is 9.79. The second-order valence-corrected chi connectivity index (χ2v) is 11.7. The quantitative estimate of drug-likeness (QED) is 0.152. The molecule has 0 aromatic heterocycles. The Bertz CT molecular complexity index is 1030. The van der Waals surface area contributed by atoms with Gasteiger partial charge in [-0.25, -0.2) is 9.59 Å². The molecule has 0 aliphatic rings. The Morgan fingerprint density at radius 2 is 1.34 bits per heavy atom. The molecule has 0 amide bonds. The van der Waals surface area contributed by atoms with E-state index in [1.54, 1.807) is 34.6 Å². The van der Waals surface area contributed by atoms with Crippen LogP contribution in [0, 0.1) is 23.2 Å². The SMILES string of the molecule is CCC(C)COC(=O)Oc1ccc(C(C(C)C(C)OC(=O)C(C)(C)C)[C@H](N)C(=O)O)cc1OC(=O)OCC(C)CC. The zero-order chi connectivity index (χ0) is 31.5. The zero-order valence-electron chi connectivity index (χ0n) is 25.7. The van der Waals surface area contributed by atoms with Gasteiger partial charge in [-0.3, -0.25) is 9.59 Å². The Hall–Kier alpha value is -3.34. The maximum absolute atomic E-state index is 12.5. The van der Waals surface area contributed by atoms with Crippen LogP contribution in [0.3, 0.4) is 0 Å². The fourth-order valence-electron chi connectivity index (χ4n) is 3.53. The highest BCUT2D eigenvalue weighted by Crippen LogP contribution is 2.38. The monoisotopic (exact) mass is 581 g/mol. The summed E-state index contributed by atoms with van der Waals surface area (Å²) < 4.78 is 26.7. The van der Waals surface area contributed by atoms with Crippen LogP contribution in [0.25, 0.3) is 0 Å². The van der Waals surface area contributed by atoms with Gasteiger partial charge in [0.15, 0.2) is 11.5 Å². The summed E-state index contributed by atoms with van der Waals surface area (Å²) in [7, 11) is 0. The lowest BCUT2D eigenvalue weighted by Crippen LogP contribution is -2.43. The number of aliphatic carboxylic acids is 1. The number of benzene rings is 1. The van der Waals surface area contributed by atoms with Crippen LogP contribution in [0.2, 0.25) is 0 Å². The van der Waals surface area contributed by atoms with Crippen LogP contribution in [-0.4, -0.2) is 54.7 Å². The molecule has 0 saturated heterocycles. The fourth-order valence-corrected chi connectivity index (χ4v) is 3.53. The van der Waals surface area contributed by atoms with Gasteiger partial charge in [0.25, 0.3) is 0 Å². The van der Waals surface area contributed by atoms with Crippen molar-refractivity contribution in [3.05, 3.63) is 23.8 Å². The van der Waals surface area contributed by atoms with Crippen molar-refractivity contribution < 1.29 is 48.0 Å². The Balaban J connectivity index is 3.43. The second-order valence-electron chi connectivity index (χ2n) is 11.7. The van der Waals surface area contributed by atoms with Gasteiger partial charge in [-0.05, 0) is 57.2 Å². The molecule has 0 heterocycles. The van der Waals surface area contributed by atoms with Gasteiger partial charge >= 0.3 is 24.2 Å². The van der Waals surface area contributed by atoms with Gasteiger partial charge in [-0.2, -0.15) is 0 Å². The molecule has 0 spiro atoms. The van der Waals surface area contributed by atoms with Gasteiger partial charge in [-0.1, -0.05) is 53.5 Å². The number of hydrogen-bond donors (Lipinski definition) is 2. The summed E-state index contributed by atoms with van der Waals surface area (Å²) in [4.78, 5) is 49.4. The van der Waals surface area contributed by atoms with E-state index in [9.17, 15) is 24.3 Å². The molecular weight excluding hydrogens is 534 g/mol. The van der Waals surface area contributed by atoms with Crippen molar-refractivity contribution in [2.75, 3.05) is 13.2 Å². The molecule has 6 atom stereocenters. The lowest BCUT2D eigenvalue weighted by Gasteiger charge is -2.33. The van der Waals surface area contributed by atoms with Crippen molar-refractivity contribution >= 4 is 24.2 Å². The topological polar surface area (TPSA) is 161 Å². The van der Waals surface area contributed by atoms with Crippen molar-refractivity contribution in [2.24, 2.45) is 28.9 Å². The number of carbonyl (C=O) groups is 4. The molecular formula is C30H47NO10. The second kappa shape index (κ2) is 16.2. The largest absolute Gasteiger partial charge is 0.513 e. The van der Waals surface area contributed by atoms with E-state index in [0.29, 0.717) is 5.56 Å². The molecule has 0 radical (unpaired) electrons. The van der Waals surface area contributed by atoms with Crippen molar-refractivity contribution in [2.45, 2.75) is 93.2 Å². The molecule has 0 saturated carbocycles. The molecule has 0 fully saturated rings. The van der Waals surface area contributed by atoms with Gasteiger partial charge in [0, 0.05) is 11.8 Å². The number of hydrogen-bond acceptors (Lipinski definition) is 10. The van der Waals surface area contributed by atoms with Gasteiger partial charge in [0.1, 0.15) is 12.1 Å². The van der Waals surface area contributed by atoms with Crippen LogP contribution in [0.15, 0.2) is 18.2 Å². The highest BCUT2D eigenvalue weighted by molar-refractivity contribution is 5.76. The lowest BCUT2D eigenvalue weighted by molar-refractivity contribution is -0.160. The summed E-state index contributed by atoms with van der Waals surface area (Å²) in [5.74, 6) is -3.31. The Morgan fingerprint density at radius 1 is 0.854 bits per heavy atom. The third-order valence-electron chi connectivity index (χ3n) is 6.99. The number of carbonyl (C=O) groups excluding carboxylic acids is 3. The maximum atomic E-state index is 12.5. The molecule has 41 heavy (non-hydrogen) atoms. The predicted molar refractivity (Wildman–Crippen MR) is 152 cm³/mol. The molecule has 3 N–H and O–H groups in total. The van der Waals surface area contributed by atoms with Gasteiger partial charge < -0.3 is 34.5 Å². The molecule has 11 nitrogen and oxygen atoms in total. The molecule has 0 bridgehead atoms. The Kier molecular flexibility index (Phi) is 14.1. The highest BCUT2D eigenvalue weighted by atomic mass is 16.7. The van der Waals surface area contributed by atoms with E-state index in [1.807, 2.05) is 27.7 Å². The minimum atomic E-state index is -1.40. The Labute approximate surface area is 243 Å². The standard InChI is InChI=1S/C30H47NO10/c1-10-17(3)15-37-28(35)40-22-13-12-21(14-23(22)41-29(36)38-16-18(4)11-2)24(25(31)26(32)33)19(5)20(6)39-27(34)30(7,8)9/h12-14,17-20,24-25H,10-11,15-16,31H2,1-9H3,(H,32,33)/t17?,18?,19?,20?,24?,25-/m0/s1. The first-order chi connectivity index (χ1) is 19.0. The summed E-state index contributed by atoms with van der Waals surface area (Å²) in [6.07, 6.45) is -1.16. The van der Waals surface area contributed by atoms with Gasteiger partial charge in [0.2, 0.25) is 0 Å². The van der Waals surface area contributed by atoms with Crippen LogP contribution in [0.5, 0.6) is 11.5 Å². The highest BCUT2D eigenvalue weighted by Gasteiger charge is 2.37. The van der Waals surface area contributed by atoms with Crippen LogP contribution < -0.4 is 15.2 Å². The number of ether oxygens (including phenoxy) is 5. The average Bonchev–Trinajstić information content (AvgIpc) is 2.90. The molecule has 1 aromatic rings. The summed E-state index contributed by atoms with van der Waals surface area (Å²) in [6, 6.07) is 2.83. The number of nitrogens with two attached hydrogens (primary N) is 1. The molecule has 0 aliphatic carbocycles. The lowest BCUT2D eigenvalue weighted by atomic mass is 9.79. The van der Waals surface area contributed by atoms with Crippen molar-refractivity contribution in [1.29, 1.82) is 0 Å². The third-order valence-corrected chi connectivity index (χ3v) is 6.99. The normalized spacial score (nSPS) is 15.9. The smallest absolute Gasteiger partial charge is 0.480 e. The number of esters is 1. The first-order valence-electron chi connectivity index (χ1n) is 14.0. The molecule has 1 aromatic carbocycles. The third kappa shape index (κ3) is 11.6. The van der Waals surface area contributed by atoms with Gasteiger partial charge in [0.05, 0.1) is 18.6 Å². The molecule has 0 aliphatic heterocycles. The zero-order valence-corrected chi connectivity index (χ0v) is 25.7. The van der Waals surface area contributed by atoms with E-state index in [-0.39, 0.29) is 36.5 Å².